The first-order valence-electron chi connectivity index (χ1n) is 9.99. The lowest BCUT2D eigenvalue weighted by Gasteiger charge is -2.50. The van der Waals surface area contributed by atoms with Crippen LogP contribution in [0.3, 0.4) is 0 Å². The monoisotopic (exact) mass is 487 g/mol. The third-order valence-corrected chi connectivity index (χ3v) is 7.00. The second-order valence-corrected chi connectivity index (χ2v) is 9.12. The van der Waals surface area contributed by atoms with Crippen molar-refractivity contribution >= 4 is 29.1 Å². The van der Waals surface area contributed by atoms with Gasteiger partial charge in [-0.1, -0.05) is 23.2 Å². The molecular formula is C20H24Cl2F5N3O. The molecule has 1 amide bonds. The molecule has 4 nitrogen and oxygen atoms in total. The summed E-state index contributed by atoms with van der Waals surface area (Å²) in [5.41, 5.74) is -2.32. The quantitative estimate of drug-likeness (QED) is 0.611. The zero-order chi connectivity index (χ0) is 23.0. The third kappa shape index (κ3) is 5.43. The number of carbonyl (C=O) groups excluding carboxylic acids is 1. The summed E-state index contributed by atoms with van der Waals surface area (Å²) in [5, 5.41) is 1.64. The van der Waals surface area contributed by atoms with E-state index in [4.69, 9.17) is 23.2 Å². The summed E-state index contributed by atoms with van der Waals surface area (Å²) >= 11 is 11.8. The second-order valence-electron chi connectivity index (χ2n) is 8.33. The van der Waals surface area contributed by atoms with Crippen molar-refractivity contribution < 1.29 is 26.7 Å². The Morgan fingerprint density at radius 2 is 1.65 bits per heavy atom. The van der Waals surface area contributed by atoms with Crippen LogP contribution in [0.2, 0.25) is 10.0 Å². The van der Waals surface area contributed by atoms with E-state index in [0.717, 1.165) is 25.2 Å². The number of hydrogen-bond donors (Lipinski definition) is 1. The van der Waals surface area contributed by atoms with Crippen LogP contribution in [0.1, 0.15) is 41.6 Å². The molecule has 0 atom stereocenters. The van der Waals surface area contributed by atoms with Gasteiger partial charge in [0.2, 0.25) is 5.92 Å². The first-order chi connectivity index (χ1) is 14.3. The molecule has 0 spiro atoms. The maximum absolute atomic E-state index is 13.8. The van der Waals surface area contributed by atoms with Gasteiger partial charge >= 0.3 is 6.18 Å². The summed E-state index contributed by atoms with van der Waals surface area (Å²) in [6.45, 7) is 2.86. The largest absolute Gasteiger partial charge is 0.417 e. The standard InChI is InChI=1S/C20H24Cl2F5N3O/c1-29-8-10-30(11-9-29)18(4-6-19(23,24)7-5-18)12-28-17(31)15-14(21)3-2-13(16(15)22)20(25,26)27/h2-3H,4-12H2,1H3,(H,28,31). The van der Waals surface area contributed by atoms with E-state index in [1.54, 1.807) is 0 Å². The van der Waals surface area contributed by atoms with Crippen molar-refractivity contribution in [3.8, 4) is 0 Å². The molecule has 31 heavy (non-hydrogen) atoms. The molecule has 0 bridgehead atoms. The highest BCUT2D eigenvalue weighted by atomic mass is 35.5. The van der Waals surface area contributed by atoms with Gasteiger partial charge in [-0.25, -0.2) is 8.78 Å². The van der Waals surface area contributed by atoms with E-state index < -0.39 is 39.7 Å². The van der Waals surface area contributed by atoms with Crippen molar-refractivity contribution in [1.82, 2.24) is 15.1 Å². The molecule has 1 heterocycles. The molecule has 0 aromatic heterocycles. The van der Waals surface area contributed by atoms with Crippen LogP contribution in [0.5, 0.6) is 0 Å². The minimum atomic E-state index is -4.74. The highest BCUT2D eigenvalue weighted by molar-refractivity contribution is 6.40. The van der Waals surface area contributed by atoms with Gasteiger partial charge in [0, 0.05) is 51.1 Å². The van der Waals surface area contributed by atoms with Crippen LogP contribution in [0.15, 0.2) is 12.1 Å². The van der Waals surface area contributed by atoms with Crippen LogP contribution in [0.25, 0.3) is 0 Å². The minimum Gasteiger partial charge on any atom is -0.350 e. The number of piperazine rings is 1. The molecule has 11 heteroatoms. The molecule has 0 unspecified atom stereocenters. The second kappa shape index (κ2) is 9.00. The summed E-state index contributed by atoms with van der Waals surface area (Å²) < 4.78 is 67.2. The van der Waals surface area contributed by atoms with Gasteiger partial charge in [-0.3, -0.25) is 9.69 Å². The van der Waals surface area contributed by atoms with Crippen LogP contribution in [-0.4, -0.2) is 66.9 Å². The number of amides is 1. The maximum Gasteiger partial charge on any atom is 0.417 e. The number of benzene rings is 1. The van der Waals surface area contributed by atoms with Gasteiger partial charge in [0.25, 0.3) is 5.91 Å². The van der Waals surface area contributed by atoms with Crippen molar-refractivity contribution in [2.75, 3.05) is 39.8 Å². The maximum atomic E-state index is 13.8. The van der Waals surface area contributed by atoms with Crippen LogP contribution < -0.4 is 5.32 Å². The van der Waals surface area contributed by atoms with E-state index >= 15 is 0 Å². The molecule has 3 rings (SSSR count). The Balaban J connectivity index is 1.81. The summed E-state index contributed by atoms with van der Waals surface area (Å²) in [6, 6.07) is 1.69. The highest BCUT2D eigenvalue weighted by Gasteiger charge is 2.47. The lowest BCUT2D eigenvalue weighted by atomic mass is 9.78. The summed E-state index contributed by atoms with van der Waals surface area (Å²) in [6.07, 6.45) is -5.00. The number of alkyl halides is 5. The molecule has 1 aromatic carbocycles. The third-order valence-electron chi connectivity index (χ3n) is 6.29. The Kier molecular flexibility index (Phi) is 7.11. The lowest BCUT2D eigenvalue weighted by Crippen LogP contribution is -2.62. The Hall–Kier alpha value is -1.16. The lowest BCUT2D eigenvalue weighted by molar-refractivity contribution is -0.137. The smallest absolute Gasteiger partial charge is 0.350 e. The van der Waals surface area contributed by atoms with Crippen LogP contribution in [0, 0.1) is 0 Å². The number of rotatable bonds is 4. The van der Waals surface area contributed by atoms with Crippen LogP contribution >= 0.6 is 23.2 Å². The van der Waals surface area contributed by atoms with Crippen LogP contribution in [0.4, 0.5) is 22.0 Å². The Bertz CT molecular complexity index is 816. The molecule has 1 saturated carbocycles. The number of nitrogens with zero attached hydrogens (tertiary/aromatic N) is 2. The van der Waals surface area contributed by atoms with Crippen molar-refractivity contribution in [3.05, 3.63) is 33.3 Å². The predicted molar refractivity (Wildman–Crippen MR) is 109 cm³/mol. The van der Waals surface area contributed by atoms with Crippen molar-refractivity contribution in [2.24, 2.45) is 0 Å². The van der Waals surface area contributed by atoms with Crippen molar-refractivity contribution in [3.63, 3.8) is 0 Å². The molecule has 1 aromatic rings. The Morgan fingerprint density at radius 1 is 1.06 bits per heavy atom. The van der Waals surface area contributed by atoms with E-state index in [0.29, 0.717) is 13.1 Å². The normalized spacial score (nSPS) is 22.3. The molecule has 1 saturated heterocycles. The van der Waals surface area contributed by atoms with Gasteiger partial charge in [0.1, 0.15) is 0 Å². The van der Waals surface area contributed by atoms with Crippen molar-refractivity contribution in [1.29, 1.82) is 0 Å². The SMILES string of the molecule is CN1CCN(C2(CNC(=O)c3c(Cl)ccc(C(F)(F)F)c3Cl)CCC(F)(F)CC2)CC1. The number of likely N-dealkylation sites (N-methyl/N-ethyl adjacent to an activating group) is 1. The molecule has 174 valence electrons. The van der Waals surface area contributed by atoms with E-state index in [2.05, 4.69) is 15.1 Å². The first kappa shape index (κ1) is 24.5. The number of halogens is 7. The van der Waals surface area contributed by atoms with Crippen molar-refractivity contribution in [2.45, 2.75) is 43.3 Å². The first-order valence-corrected chi connectivity index (χ1v) is 10.8. The van der Waals surface area contributed by atoms with Crippen LogP contribution in [-0.2, 0) is 6.18 Å². The Labute approximate surface area is 187 Å². The fraction of sp³-hybridized carbons (Fsp3) is 0.650. The van der Waals surface area contributed by atoms with Gasteiger partial charge in [-0.2, -0.15) is 13.2 Å². The molecule has 1 aliphatic heterocycles. The molecule has 1 N–H and O–H groups in total. The van der Waals surface area contributed by atoms with E-state index in [1.165, 1.54) is 0 Å². The number of hydrogen-bond acceptors (Lipinski definition) is 3. The number of carbonyl (C=O) groups is 1. The molecule has 0 radical (unpaired) electrons. The van der Waals surface area contributed by atoms with E-state index in [-0.39, 0.29) is 37.3 Å². The summed E-state index contributed by atoms with van der Waals surface area (Å²) in [4.78, 5) is 17.0. The molecule has 1 aliphatic carbocycles. The highest BCUT2D eigenvalue weighted by Crippen LogP contribution is 2.42. The fourth-order valence-electron chi connectivity index (χ4n) is 4.28. The average Bonchev–Trinajstić information content (AvgIpc) is 2.67. The Morgan fingerprint density at radius 3 is 2.19 bits per heavy atom. The van der Waals surface area contributed by atoms with Gasteiger partial charge in [-0.05, 0) is 32.0 Å². The van der Waals surface area contributed by atoms with E-state index in [9.17, 15) is 26.7 Å². The topological polar surface area (TPSA) is 35.6 Å². The molecule has 2 aliphatic rings. The molecule has 2 fully saturated rings. The van der Waals surface area contributed by atoms with Gasteiger partial charge in [0.05, 0.1) is 21.2 Å². The van der Waals surface area contributed by atoms with E-state index in [1.807, 2.05) is 7.05 Å². The zero-order valence-corrected chi connectivity index (χ0v) is 18.5. The van der Waals surface area contributed by atoms with Gasteiger partial charge < -0.3 is 10.2 Å². The van der Waals surface area contributed by atoms with Gasteiger partial charge in [0.15, 0.2) is 0 Å². The number of nitrogens with one attached hydrogen (secondary N) is 1. The average molecular weight is 488 g/mol. The fourth-order valence-corrected chi connectivity index (χ4v) is 4.93. The molecular weight excluding hydrogens is 464 g/mol. The zero-order valence-electron chi connectivity index (χ0n) is 17.0. The predicted octanol–water partition coefficient (Wildman–Crippen LogP) is 4.94. The minimum absolute atomic E-state index is 0.0224. The summed E-state index contributed by atoms with van der Waals surface area (Å²) in [7, 11) is 1.97. The van der Waals surface area contributed by atoms with Gasteiger partial charge in [-0.15, -0.1) is 0 Å². The summed E-state index contributed by atoms with van der Waals surface area (Å²) in [5.74, 6) is -3.61.